The number of aromatic nitrogens is 2. The lowest BCUT2D eigenvalue weighted by atomic mass is 10.3. The van der Waals surface area contributed by atoms with Crippen molar-refractivity contribution in [2.75, 3.05) is 10.6 Å². The van der Waals surface area contributed by atoms with Crippen molar-refractivity contribution >= 4 is 17.5 Å². The van der Waals surface area contributed by atoms with E-state index in [0.29, 0.717) is 6.07 Å². The fourth-order valence-corrected chi connectivity index (χ4v) is 1.90. The molecular weight excluding hydrogens is 366 g/mol. The summed E-state index contributed by atoms with van der Waals surface area (Å²) in [5.41, 5.74) is -1.13. The topological polar surface area (TPSA) is 59.1 Å². The van der Waals surface area contributed by atoms with Gasteiger partial charge in [-0.25, -0.2) is 4.98 Å². The molecular formula is C15H14F6N4O. The van der Waals surface area contributed by atoms with Gasteiger partial charge in [-0.2, -0.15) is 18.2 Å². The smallest absolute Gasteiger partial charge is 0.406 e. The fraction of sp³-hybridized carbons (Fsp3) is 0.333. The van der Waals surface area contributed by atoms with Crippen LogP contribution < -0.4 is 15.4 Å². The summed E-state index contributed by atoms with van der Waals surface area (Å²) in [7, 11) is 0. The monoisotopic (exact) mass is 380 g/mol. The third-order valence-electron chi connectivity index (χ3n) is 2.77. The molecule has 142 valence electrons. The first kappa shape index (κ1) is 19.6. The van der Waals surface area contributed by atoms with Crippen molar-refractivity contribution in [1.82, 2.24) is 9.97 Å². The minimum atomic E-state index is -4.88. The maximum Gasteiger partial charge on any atom is 0.573 e. The number of hydrogen-bond donors (Lipinski definition) is 2. The molecule has 2 aromatic rings. The first-order valence-electron chi connectivity index (χ1n) is 7.28. The van der Waals surface area contributed by atoms with E-state index in [1.165, 1.54) is 12.1 Å². The molecule has 5 nitrogen and oxygen atoms in total. The number of alkyl halides is 6. The molecule has 0 saturated heterocycles. The molecule has 0 aliphatic heterocycles. The van der Waals surface area contributed by atoms with Crippen LogP contribution in [0.2, 0.25) is 0 Å². The lowest BCUT2D eigenvalue weighted by Crippen LogP contribution is -2.17. The molecule has 0 radical (unpaired) electrons. The van der Waals surface area contributed by atoms with E-state index in [-0.39, 0.29) is 23.5 Å². The van der Waals surface area contributed by atoms with Gasteiger partial charge in [0.15, 0.2) is 5.69 Å². The first-order chi connectivity index (χ1) is 11.9. The quantitative estimate of drug-likeness (QED) is 0.719. The second kappa shape index (κ2) is 7.26. The van der Waals surface area contributed by atoms with Crippen LogP contribution in [0.5, 0.6) is 5.75 Å². The summed E-state index contributed by atoms with van der Waals surface area (Å²) in [4.78, 5) is 7.28. The molecule has 11 heteroatoms. The van der Waals surface area contributed by atoms with Gasteiger partial charge in [0.2, 0.25) is 5.95 Å². The van der Waals surface area contributed by atoms with Crippen LogP contribution in [0.3, 0.4) is 0 Å². The van der Waals surface area contributed by atoms with Crippen molar-refractivity contribution in [1.29, 1.82) is 0 Å². The van der Waals surface area contributed by atoms with Crippen molar-refractivity contribution in [3.8, 4) is 5.75 Å². The largest absolute Gasteiger partial charge is 0.573 e. The highest BCUT2D eigenvalue weighted by atomic mass is 19.4. The SMILES string of the molecule is CC(C)Nc1nc(Nc2cccc(OC(F)(F)F)c2)cc(C(F)(F)F)n1. The van der Waals surface area contributed by atoms with E-state index in [9.17, 15) is 26.3 Å². The van der Waals surface area contributed by atoms with Gasteiger partial charge in [0.05, 0.1) is 0 Å². The summed E-state index contributed by atoms with van der Waals surface area (Å²) in [6.45, 7) is 3.38. The Kier molecular flexibility index (Phi) is 5.47. The molecule has 0 fully saturated rings. The lowest BCUT2D eigenvalue weighted by molar-refractivity contribution is -0.274. The van der Waals surface area contributed by atoms with Crippen molar-refractivity contribution in [2.24, 2.45) is 0 Å². The average molecular weight is 380 g/mol. The van der Waals surface area contributed by atoms with E-state index < -0.39 is 24.0 Å². The van der Waals surface area contributed by atoms with Crippen LogP contribution >= 0.6 is 0 Å². The summed E-state index contributed by atoms with van der Waals surface area (Å²) >= 11 is 0. The zero-order valence-electron chi connectivity index (χ0n) is 13.5. The van der Waals surface area contributed by atoms with Crippen LogP contribution in [0, 0.1) is 0 Å². The van der Waals surface area contributed by atoms with E-state index in [1.807, 2.05) is 0 Å². The predicted octanol–water partition coefficient (Wildman–Crippen LogP) is 4.96. The van der Waals surface area contributed by atoms with Crippen LogP contribution in [-0.4, -0.2) is 22.4 Å². The highest BCUT2D eigenvalue weighted by Crippen LogP contribution is 2.31. The molecule has 0 unspecified atom stereocenters. The Balaban J connectivity index is 2.32. The molecule has 0 bridgehead atoms. The zero-order valence-corrected chi connectivity index (χ0v) is 13.5. The maximum atomic E-state index is 13.0. The molecule has 2 N–H and O–H groups in total. The molecule has 0 amide bonds. The van der Waals surface area contributed by atoms with Gasteiger partial charge in [-0.1, -0.05) is 6.07 Å². The Morgan fingerprint density at radius 2 is 1.69 bits per heavy atom. The summed E-state index contributed by atoms with van der Waals surface area (Å²) in [6, 6.07) is 5.08. The summed E-state index contributed by atoms with van der Waals surface area (Å²) in [6.07, 6.45) is -9.60. The van der Waals surface area contributed by atoms with E-state index in [2.05, 4.69) is 25.3 Å². The molecule has 0 aliphatic rings. The van der Waals surface area contributed by atoms with Crippen molar-refractivity contribution < 1.29 is 31.1 Å². The number of nitrogens with one attached hydrogen (secondary N) is 2. The minimum absolute atomic E-state index is 0.0640. The number of anilines is 3. The molecule has 1 aromatic carbocycles. The van der Waals surface area contributed by atoms with E-state index in [4.69, 9.17) is 0 Å². The Morgan fingerprint density at radius 3 is 2.27 bits per heavy atom. The second-order valence-corrected chi connectivity index (χ2v) is 5.46. The molecule has 0 atom stereocenters. The van der Waals surface area contributed by atoms with Gasteiger partial charge in [-0.05, 0) is 26.0 Å². The van der Waals surface area contributed by atoms with Crippen molar-refractivity contribution in [2.45, 2.75) is 32.4 Å². The molecule has 2 rings (SSSR count). The van der Waals surface area contributed by atoms with Crippen LogP contribution in [0.4, 0.5) is 43.8 Å². The molecule has 0 aliphatic carbocycles. The molecule has 0 spiro atoms. The Hall–Kier alpha value is -2.72. The minimum Gasteiger partial charge on any atom is -0.406 e. The van der Waals surface area contributed by atoms with Crippen molar-refractivity contribution in [3.05, 3.63) is 36.0 Å². The van der Waals surface area contributed by atoms with E-state index in [1.54, 1.807) is 13.8 Å². The Bertz CT molecular complexity index is 761. The second-order valence-electron chi connectivity index (χ2n) is 5.46. The Labute approximate surface area is 144 Å². The predicted molar refractivity (Wildman–Crippen MR) is 82.2 cm³/mol. The van der Waals surface area contributed by atoms with Crippen LogP contribution in [0.1, 0.15) is 19.5 Å². The summed E-state index contributed by atoms with van der Waals surface area (Å²) in [5.74, 6) is -1.02. The molecule has 0 saturated carbocycles. The molecule has 26 heavy (non-hydrogen) atoms. The normalized spacial score (nSPS) is 12.2. The van der Waals surface area contributed by atoms with Crippen molar-refractivity contribution in [3.63, 3.8) is 0 Å². The summed E-state index contributed by atoms with van der Waals surface area (Å²) < 4.78 is 79.5. The molecule has 1 heterocycles. The molecule has 1 aromatic heterocycles. The maximum absolute atomic E-state index is 13.0. The van der Waals surface area contributed by atoms with Crippen LogP contribution in [0.15, 0.2) is 30.3 Å². The van der Waals surface area contributed by atoms with Gasteiger partial charge in [0.25, 0.3) is 0 Å². The van der Waals surface area contributed by atoms with Gasteiger partial charge in [-0.15, -0.1) is 13.2 Å². The summed E-state index contributed by atoms with van der Waals surface area (Å²) in [5, 5.41) is 5.17. The third kappa shape index (κ3) is 5.97. The van der Waals surface area contributed by atoms with Gasteiger partial charge in [-0.3, -0.25) is 0 Å². The number of hydrogen-bond acceptors (Lipinski definition) is 5. The highest BCUT2D eigenvalue weighted by molar-refractivity contribution is 5.59. The highest BCUT2D eigenvalue weighted by Gasteiger charge is 2.34. The number of rotatable bonds is 5. The number of ether oxygens (including phenoxy) is 1. The van der Waals surface area contributed by atoms with Crippen LogP contribution in [0.25, 0.3) is 0 Å². The van der Waals surface area contributed by atoms with Gasteiger partial charge < -0.3 is 15.4 Å². The van der Waals surface area contributed by atoms with Crippen LogP contribution in [-0.2, 0) is 6.18 Å². The number of benzene rings is 1. The van der Waals surface area contributed by atoms with Gasteiger partial charge in [0.1, 0.15) is 11.6 Å². The van der Waals surface area contributed by atoms with Gasteiger partial charge >= 0.3 is 12.5 Å². The first-order valence-corrected chi connectivity index (χ1v) is 7.28. The number of nitrogens with zero attached hydrogens (tertiary/aromatic N) is 2. The Morgan fingerprint density at radius 1 is 1.00 bits per heavy atom. The third-order valence-corrected chi connectivity index (χ3v) is 2.77. The standard InChI is InChI=1S/C15H14F6N4O/c1-8(2)22-13-24-11(14(16,17)18)7-12(25-13)23-9-4-3-5-10(6-9)26-15(19,20)21/h3-8H,1-2H3,(H2,22,23,24,25). The number of halogens is 6. The van der Waals surface area contributed by atoms with E-state index >= 15 is 0 Å². The average Bonchev–Trinajstić information content (AvgIpc) is 2.43. The lowest BCUT2D eigenvalue weighted by Gasteiger charge is -2.15. The zero-order chi connectivity index (χ0) is 19.5. The van der Waals surface area contributed by atoms with E-state index in [0.717, 1.165) is 12.1 Å². The van der Waals surface area contributed by atoms with Gasteiger partial charge in [0, 0.05) is 23.9 Å². The fourth-order valence-electron chi connectivity index (χ4n) is 1.90.